The molecule has 2 unspecified atom stereocenters. The van der Waals surface area contributed by atoms with Crippen LogP contribution in [0.3, 0.4) is 0 Å². The minimum absolute atomic E-state index is 0.189. The molecule has 0 aromatic rings. The van der Waals surface area contributed by atoms with Crippen molar-refractivity contribution in [2.45, 2.75) is 103 Å². The molecule has 0 aromatic carbocycles. The van der Waals surface area contributed by atoms with Crippen LogP contribution in [0.2, 0.25) is 0 Å². The minimum atomic E-state index is -0.507. The number of hydrogen-bond donors (Lipinski definition) is 0. The van der Waals surface area contributed by atoms with Gasteiger partial charge in [-0.2, -0.15) is 0 Å². The molecule has 0 saturated carbocycles. The van der Waals surface area contributed by atoms with Crippen molar-refractivity contribution in [2.24, 2.45) is 0 Å². The maximum Gasteiger partial charge on any atom is 0.325 e. The van der Waals surface area contributed by atoms with Crippen LogP contribution in [-0.2, 0) is 19.1 Å². The Morgan fingerprint density at radius 1 is 0.692 bits per heavy atom. The Bertz CT molecular complexity index is 461. The van der Waals surface area contributed by atoms with Crippen molar-refractivity contribution in [3.8, 4) is 0 Å². The molecule has 0 spiro atoms. The summed E-state index contributed by atoms with van der Waals surface area (Å²) in [5, 5.41) is 4.18. The number of rotatable bonds is 3. The molecule has 0 aromatic heterocycles. The molecule has 2 atom stereocenters. The van der Waals surface area contributed by atoms with E-state index in [1.807, 2.05) is 41.5 Å². The summed E-state index contributed by atoms with van der Waals surface area (Å²) in [5.41, 5.74) is -1.01. The fourth-order valence-electron chi connectivity index (χ4n) is 3.67. The van der Waals surface area contributed by atoms with Crippen LogP contribution >= 0.6 is 0 Å². The van der Waals surface area contributed by atoms with E-state index in [0.29, 0.717) is 0 Å². The Hall–Kier alpha value is -1.14. The molecule has 0 radical (unpaired) electrons. The van der Waals surface area contributed by atoms with Gasteiger partial charge in [-0.3, -0.25) is 9.59 Å². The third-order valence-electron chi connectivity index (χ3n) is 4.64. The number of carbonyl (C=O) groups is 2. The van der Waals surface area contributed by atoms with E-state index >= 15 is 0 Å². The van der Waals surface area contributed by atoms with E-state index in [1.165, 1.54) is 0 Å². The lowest BCUT2D eigenvalue weighted by atomic mass is 10.00. The van der Waals surface area contributed by atoms with Gasteiger partial charge < -0.3 is 9.47 Å². The van der Waals surface area contributed by atoms with E-state index in [4.69, 9.17) is 9.47 Å². The molecule has 0 N–H and O–H groups in total. The van der Waals surface area contributed by atoms with Gasteiger partial charge in [-0.05, 0) is 80.1 Å². The molecule has 2 aliphatic heterocycles. The molecule has 6 heteroatoms. The number of piperidine rings is 2. The van der Waals surface area contributed by atoms with Crippen molar-refractivity contribution in [3.63, 3.8) is 0 Å². The normalized spacial score (nSPS) is 26.4. The quantitative estimate of drug-likeness (QED) is 0.713. The maximum absolute atomic E-state index is 12.8. The smallest absolute Gasteiger partial charge is 0.325 e. The van der Waals surface area contributed by atoms with E-state index in [-0.39, 0.29) is 24.0 Å². The lowest BCUT2D eigenvalue weighted by molar-refractivity contribution is -0.193. The summed E-state index contributed by atoms with van der Waals surface area (Å²) in [6.07, 6.45) is 5.60. The highest BCUT2D eigenvalue weighted by molar-refractivity contribution is 5.77. The summed E-state index contributed by atoms with van der Waals surface area (Å²) >= 11 is 0. The predicted octanol–water partition coefficient (Wildman–Crippen LogP) is 3.29. The molecule has 2 heterocycles. The number of hydrazine groups is 1. The highest BCUT2D eigenvalue weighted by atomic mass is 16.6. The number of esters is 2. The Kier molecular flexibility index (Phi) is 6.72. The molecule has 2 rings (SSSR count). The van der Waals surface area contributed by atoms with Crippen LogP contribution in [0.15, 0.2) is 0 Å². The van der Waals surface area contributed by atoms with E-state index in [1.54, 1.807) is 0 Å². The van der Waals surface area contributed by atoms with Crippen LogP contribution in [0.5, 0.6) is 0 Å². The zero-order chi connectivity index (χ0) is 19.5. The average Bonchev–Trinajstić information content (AvgIpc) is 2.51. The fourth-order valence-corrected chi connectivity index (χ4v) is 3.67. The van der Waals surface area contributed by atoms with Crippen molar-refractivity contribution >= 4 is 11.9 Å². The van der Waals surface area contributed by atoms with Gasteiger partial charge >= 0.3 is 11.9 Å². The lowest BCUT2D eigenvalue weighted by Crippen LogP contribution is -2.61. The Morgan fingerprint density at radius 3 is 1.35 bits per heavy atom. The molecule has 2 fully saturated rings. The van der Waals surface area contributed by atoms with Crippen molar-refractivity contribution in [2.75, 3.05) is 13.1 Å². The van der Waals surface area contributed by atoms with Crippen LogP contribution < -0.4 is 0 Å². The topological polar surface area (TPSA) is 59.1 Å². The Balaban J connectivity index is 2.17. The third-order valence-corrected chi connectivity index (χ3v) is 4.64. The van der Waals surface area contributed by atoms with E-state index in [2.05, 4.69) is 10.0 Å². The molecular formula is C20H36N2O4. The van der Waals surface area contributed by atoms with Crippen LogP contribution in [-0.4, -0.2) is 58.3 Å². The summed E-state index contributed by atoms with van der Waals surface area (Å²) in [6.45, 7) is 12.9. The second-order valence-electron chi connectivity index (χ2n) is 9.42. The number of ether oxygens (including phenoxy) is 2. The first kappa shape index (κ1) is 21.2. The maximum atomic E-state index is 12.8. The lowest BCUT2D eigenvalue weighted by Gasteiger charge is -2.47. The molecule has 26 heavy (non-hydrogen) atoms. The number of carbonyl (C=O) groups excluding carboxylic acids is 2. The third kappa shape index (κ3) is 5.95. The summed E-state index contributed by atoms with van der Waals surface area (Å²) in [4.78, 5) is 25.5. The average molecular weight is 369 g/mol. The van der Waals surface area contributed by atoms with E-state index in [0.717, 1.165) is 51.6 Å². The van der Waals surface area contributed by atoms with Crippen LogP contribution in [0.1, 0.15) is 80.1 Å². The second-order valence-corrected chi connectivity index (χ2v) is 9.42. The molecule has 0 amide bonds. The molecule has 2 saturated heterocycles. The van der Waals surface area contributed by atoms with Gasteiger partial charge in [0.05, 0.1) is 0 Å². The number of nitrogens with zero attached hydrogens (tertiary/aromatic N) is 2. The summed E-state index contributed by atoms with van der Waals surface area (Å²) in [7, 11) is 0. The second kappa shape index (κ2) is 8.26. The van der Waals surface area contributed by atoms with Gasteiger partial charge in [-0.25, -0.2) is 10.0 Å². The van der Waals surface area contributed by atoms with Crippen molar-refractivity contribution < 1.29 is 19.1 Å². The predicted molar refractivity (Wildman–Crippen MR) is 100 cm³/mol. The molecule has 0 aliphatic carbocycles. The largest absolute Gasteiger partial charge is 0.459 e. The molecule has 150 valence electrons. The SMILES string of the molecule is CC(C)(C)OC(=O)C1CCCCN1N1CCCCC1C(=O)OC(C)(C)C. The zero-order valence-corrected chi connectivity index (χ0v) is 17.3. The van der Waals surface area contributed by atoms with Gasteiger partial charge in [0.2, 0.25) is 0 Å². The van der Waals surface area contributed by atoms with Crippen molar-refractivity contribution in [1.82, 2.24) is 10.0 Å². The molecule has 2 aliphatic rings. The van der Waals surface area contributed by atoms with E-state index < -0.39 is 11.2 Å². The minimum Gasteiger partial charge on any atom is -0.459 e. The van der Waals surface area contributed by atoms with Crippen molar-refractivity contribution in [3.05, 3.63) is 0 Å². The fraction of sp³-hybridized carbons (Fsp3) is 0.900. The first-order chi connectivity index (χ1) is 12.0. The van der Waals surface area contributed by atoms with Gasteiger partial charge in [0.25, 0.3) is 0 Å². The standard InChI is InChI=1S/C20H36N2O4/c1-19(2,3)25-17(23)15-11-7-9-13-21(15)22-14-10-8-12-16(22)18(24)26-20(4,5)6/h15-16H,7-14H2,1-6H3. The summed E-state index contributed by atoms with van der Waals surface area (Å²) in [5.74, 6) is -0.378. The molecule has 0 bridgehead atoms. The van der Waals surface area contributed by atoms with Crippen molar-refractivity contribution in [1.29, 1.82) is 0 Å². The number of hydrogen-bond acceptors (Lipinski definition) is 6. The first-order valence-corrected chi connectivity index (χ1v) is 9.97. The highest BCUT2D eigenvalue weighted by Crippen LogP contribution is 2.28. The Morgan fingerprint density at radius 2 is 1.04 bits per heavy atom. The van der Waals surface area contributed by atoms with E-state index in [9.17, 15) is 9.59 Å². The van der Waals surface area contributed by atoms with Crippen LogP contribution in [0.4, 0.5) is 0 Å². The van der Waals surface area contributed by atoms with Gasteiger partial charge in [0, 0.05) is 13.1 Å². The first-order valence-electron chi connectivity index (χ1n) is 9.97. The van der Waals surface area contributed by atoms with Crippen LogP contribution in [0.25, 0.3) is 0 Å². The zero-order valence-electron chi connectivity index (χ0n) is 17.3. The highest BCUT2D eigenvalue weighted by Gasteiger charge is 2.42. The van der Waals surface area contributed by atoms with Gasteiger partial charge in [-0.15, -0.1) is 0 Å². The van der Waals surface area contributed by atoms with Crippen LogP contribution in [0, 0.1) is 0 Å². The molecular weight excluding hydrogens is 332 g/mol. The summed E-state index contributed by atoms with van der Waals surface area (Å²) in [6, 6.07) is -0.628. The van der Waals surface area contributed by atoms with Gasteiger partial charge in [-0.1, -0.05) is 0 Å². The molecule has 6 nitrogen and oxygen atoms in total. The summed E-state index contributed by atoms with van der Waals surface area (Å²) < 4.78 is 11.3. The Labute approximate surface area is 158 Å². The monoisotopic (exact) mass is 368 g/mol. The van der Waals surface area contributed by atoms with Gasteiger partial charge in [0.1, 0.15) is 23.3 Å². The van der Waals surface area contributed by atoms with Gasteiger partial charge in [0.15, 0.2) is 0 Å².